The lowest BCUT2D eigenvalue weighted by atomic mass is 10.3. The molecule has 0 radical (unpaired) electrons. The number of urea groups is 1. The van der Waals surface area contributed by atoms with Crippen LogP contribution in [-0.2, 0) is 9.59 Å². The second kappa shape index (κ2) is 5.34. The van der Waals surface area contributed by atoms with E-state index in [1.165, 1.54) is 18.0 Å². The number of carbonyl (C=O) groups excluding carboxylic acids is 3. The molecule has 2 aromatic rings. The molecule has 1 aromatic heterocycles. The second-order valence-corrected chi connectivity index (χ2v) is 5.80. The summed E-state index contributed by atoms with van der Waals surface area (Å²) in [5.74, 6) is -1.46. The third-order valence-corrected chi connectivity index (χ3v) is 4.08. The Morgan fingerprint density at radius 1 is 1.45 bits per heavy atom. The lowest BCUT2D eigenvalue weighted by Gasteiger charge is -2.12. The fourth-order valence-electron chi connectivity index (χ4n) is 2.10. The summed E-state index contributed by atoms with van der Waals surface area (Å²) in [4.78, 5) is 41.3. The minimum atomic E-state index is -0.559. The van der Waals surface area contributed by atoms with E-state index >= 15 is 0 Å². The summed E-state index contributed by atoms with van der Waals surface area (Å²) in [6, 6.07) is 4.01. The number of hydrogen-bond donors (Lipinski definition) is 1. The number of aromatic nitrogens is 1. The molecule has 1 saturated heterocycles. The molecular weight excluding hydrogens is 311 g/mol. The fourth-order valence-corrected chi connectivity index (χ4v) is 2.99. The molecule has 0 aliphatic carbocycles. The zero-order valence-electron chi connectivity index (χ0n) is 11.5. The van der Waals surface area contributed by atoms with Crippen molar-refractivity contribution in [3.8, 4) is 0 Å². The Morgan fingerprint density at radius 2 is 2.23 bits per heavy atom. The van der Waals surface area contributed by atoms with E-state index in [1.807, 2.05) is 0 Å². The normalized spacial score (nSPS) is 15.0. The number of amides is 4. The van der Waals surface area contributed by atoms with E-state index in [0.29, 0.717) is 4.70 Å². The maximum Gasteiger partial charge on any atom is 0.327 e. The van der Waals surface area contributed by atoms with E-state index in [-0.39, 0.29) is 23.7 Å². The molecule has 1 aromatic carbocycles. The molecule has 114 valence electrons. The Bertz CT molecular complexity index is 791. The SMILES string of the molecule is CN1CC(=O)N(CC(=O)Nc2nc3c(F)cccc3s2)C1=O. The lowest BCUT2D eigenvalue weighted by molar-refractivity contribution is -0.129. The maximum absolute atomic E-state index is 13.5. The highest BCUT2D eigenvalue weighted by Gasteiger charge is 2.34. The quantitative estimate of drug-likeness (QED) is 0.863. The Labute approximate surface area is 128 Å². The summed E-state index contributed by atoms with van der Waals surface area (Å²) in [6.07, 6.45) is 0. The molecule has 1 N–H and O–H groups in total. The summed E-state index contributed by atoms with van der Waals surface area (Å²) < 4.78 is 14.1. The van der Waals surface area contributed by atoms with Gasteiger partial charge < -0.3 is 10.2 Å². The summed E-state index contributed by atoms with van der Waals surface area (Å²) in [5.41, 5.74) is 0.177. The molecule has 1 fully saturated rings. The van der Waals surface area contributed by atoms with Crippen LogP contribution in [0.5, 0.6) is 0 Å². The van der Waals surface area contributed by atoms with Crippen molar-refractivity contribution in [3.05, 3.63) is 24.0 Å². The average Bonchev–Trinajstić information content (AvgIpc) is 2.96. The average molecular weight is 322 g/mol. The number of rotatable bonds is 3. The van der Waals surface area contributed by atoms with Crippen LogP contribution in [0.25, 0.3) is 10.2 Å². The van der Waals surface area contributed by atoms with E-state index in [0.717, 1.165) is 16.2 Å². The highest BCUT2D eigenvalue weighted by molar-refractivity contribution is 7.22. The lowest BCUT2D eigenvalue weighted by Crippen LogP contribution is -2.38. The van der Waals surface area contributed by atoms with Gasteiger partial charge in [-0.2, -0.15) is 0 Å². The van der Waals surface area contributed by atoms with E-state index in [2.05, 4.69) is 10.3 Å². The summed E-state index contributed by atoms with van der Waals surface area (Å²) in [7, 11) is 1.48. The number of fused-ring (bicyclic) bond motifs is 1. The number of likely N-dealkylation sites (N-methyl/N-ethyl adjacent to an activating group) is 1. The molecule has 3 rings (SSSR count). The number of benzene rings is 1. The first-order valence-corrected chi connectivity index (χ1v) is 7.17. The van der Waals surface area contributed by atoms with Crippen molar-refractivity contribution in [1.29, 1.82) is 0 Å². The highest BCUT2D eigenvalue weighted by Crippen LogP contribution is 2.27. The molecule has 0 bridgehead atoms. The van der Waals surface area contributed by atoms with Crippen molar-refractivity contribution in [1.82, 2.24) is 14.8 Å². The van der Waals surface area contributed by atoms with Gasteiger partial charge in [-0.3, -0.25) is 14.5 Å². The number of thiazole rings is 1. The van der Waals surface area contributed by atoms with E-state index in [9.17, 15) is 18.8 Å². The molecule has 0 unspecified atom stereocenters. The number of anilines is 1. The highest BCUT2D eigenvalue weighted by atomic mass is 32.1. The van der Waals surface area contributed by atoms with E-state index in [1.54, 1.807) is 12.1 Å². The first kappa shape index (κ1) is 14.4. The molecule has 0 atom stereocenters. The number of imide groups is 1. The zero-order chi connectivity index (χ0) is 15.9. The van der Waals surface area contributed by atoms with Crippen LogP contribution in [0.3, 0.4) is 0 Å². The van der Waals surface area contributed by atoms with Crippen LogP contribution in [0.2, 0.25) is 0 Å². The van der Waals surface area contributed by atoms with E-state index in [4.69, 9.17) is 0 Å². The molecule has 0 saturated carbocycles. The first-order valence-electron chi connectivity index (χ1n) is 6.36. The van der Waals surface area contributed by atoms with Gasteiger partial charge in [-0.1, -0.05) is 17.4 Å². The van der Waals surface area contributed by atoms with Gasteiger partial charge in [-0.25, -0.2) is 14.2 Å². The van der Waals surface area contributed by atoms with Crippen LogP contribution >= 0.6 is 11.3 Å². The first-order chi connectivity index (χ1) is 10.5. The number of nitrogens with one attached hydrogen (secondary N) is 1. The largest absolute Gasteiger partial charge is 0.327 e. The molecule has 9 heteroatoms. The Morgan fingerprint density at radius 3 is 2.86 bits per heavy atom. The van der Waals surface area contributed by atoms with Crippen molar-refractivity contribution in [2.24, 2.45) is 0 Å². The van der Waals surface area contributed by atoms with Crippen molar-refractivity contribution in [2.75, 3.05) is 25.5 Å². The molecule has 22 heavy (non-hydrogen) atoms. The second-order valence-electron chi connectivity index (χ2n) is 4.77. The van der Waals surface area contributed by atoms with Gasteiger partial charge in [-0.05, 0) is 12.1 Å². The third-order valence-electron chi connectivity index (χ3n) is 3.15. The van der Waals surface area contributed by atoms with Gasteiger partial charge in [0.15, 0.2) is 5.13 Å². The number of hydrogen-bond acceptors (Lipinski definition) is 5. The van der Waals surface area contributed by atoms with Crippen LogP contribution in [0.15, 0.2) is 18.2 Å². The summed E-state index contributed by atoms with van der Waals surface area (Å²) in [6.45, 7) is -0.432. The molecule has 4 amide bonds. The maximum atomic E-state index is 13.5. The smallest absolute Gasteiger partial charge is 0.318 e. The van der Waals surface area contributed by atoms with Crippen LogP contribution in [-0.4, -0.2) is 52.8 Å². The van der Waals surface area contributed by atoms with Crippen molar-refractivity contribution >= 4 is 44.5 Å². The van der Waals surface area contributed by atoms with Crippen LogP contribution < -0.4 is 5.32 Å². The summed E-state index contributed by atoms with van der Waals surface area (Å²) in [5, 5.41) is 2.70. The molecule has 2 heterocycles. The Hall–Kier alpha value is -2.55. The molecular formula is C13H11FN4O3S. The molecule has 1 aliphatic rings. The van der Waals surface area contributed by atoms with Crippen LogP contribution in [0.1, 0.15) is 0 Å². The van der Waals surface area contributed by atoms with Gasteiger partial charge in [0.05, 0.1) is 4.70 Å². The minimum Gasteiger partial charge on any atom is -0.318 e. The van der Waals surface area contributed by atoms with Gasteiger partial charge in [-0.15, -0.1) is 0 Å². The minimum absolute atomic E-state index is 0.0432. The van der Waals surface area contributed by atoms with Crippen LogP contribution in [0, 0.1) is 5.82 Å². The van der Waals surface area contributed by atoms with Crippen molar-refractivity contribution in [3.63, 3.8) is 0 Å². The van der Waals surface area contributed by atoms with Crippen molar-refractivity contribution in [2.45, 2.75) is 0 Å². The number of para-hydroxylation sites is 1. The van der Waals surface area contributed by atoms with Gasteiger partial charge in [0, 0.05) is 7.05 Å². The van der Waals surface area contributed by atoms with Gasteiger partial charge in [0.1, 0.15) is 24.4 Å². The predicted molar refractivity (Wildman–Crippen MR) is 77.9 cm³/mol. The Kier molecular flexibility index (Phi) is 3.49. The third kappa shape index (κ3) is 2.50. The molecule has 7 nitrogen and oxygen atoms in total. The number of carbonyl (C=O) groups is 3. The zero-order valence-corrected chi connectivity index (χ0v) is 12.3. The van der Waals surface area contributed by atoms with Crippen LogP contribution in [0.4, 0.5) is 14.3 Å². The standard InChI is InChI=1S/C13H11FN4O3S/c1-17-6-10(20)18(13(17)21)5-9(19)15-12-16-11-7(14)3-2-4-8(11)22-12/h2-4H,5-6H2,1H3,(H,15,16,19). The molecule has 0 spiro atoms. The monoisotopic (exact) mass is 322 g/mol. The predicted octanol–water partition coefficient (Wildman–Crippen LogP) is 1.27. The van der Waals surface area contributed by atoms with E-state index < -0.39 is 23.7 Å². The number of halogens is 1. The molecule has 1 aliphatic heterocycles. The Balaban J connectivity index is 1.72. The topological polar surface area (TPSA) is 82.6 Å². The summed E-state index contributed by atoms with van der Waals surface area (Å²) >= 11 is 1.12. The fraction of sp³-hybridized carbons (Fsp3) is 0.231. The number of nitrogens with zero attached hydrogens (tertiary/aromatic N) is 3. The van der Waals surface area contributed by atoms with Gasteiger partial charge in [0.25, 0.3) is 5.91 Å². The van der Waals surface area contributed by atoms with Gasteiger partial charge >= 0.3 is 6.03 Å². The van der Waals surface area contributed by atoms with Crippen molar-refractivity contribution < 1.29 is 18.8 Å². The van der Waals surface area contributed by atoms with Gasteiger partial charge in [0.2, 0.25) is 5.91 Å².